The van der Waals surface area contributed by atoms with Gasteiger partial charge < -0.3 is 45.9 Å². The van der Waals surface area contributed by atoms with Crippen molar-refractivity contribution >= 4 is 17.7 Å². The maximum absolute atomic E-state index is 13.8. The van der Waals surface area contributed by atoms with Gasteiger partial charge in [0.15, 0.2) is 18.5 Å². The van der Waals surface area contributed by atoms with Gasteiger partial charge in [0, 0.05) is 42.4 Å². The van der Waals surface area contributed by atoms with Crippen LogP contribution in [0, 0.1) is 5.92 Å². The van der Waals surface area contributed by atoms with Gasteiger partial charge >= 0.3 is 5.97 Å². The van der Waals surface area contributed by atoms with E-state index in [1.807, 2.05) is 6.92 Å². The molecule has 10 heteroatoms. The van der Waals surface area contributed by atoms with Crippen LogP contribution >= 0.6 is 0 Å². The van der Waals surface area contributed by atoms with E-state index in [0.29, 0.717) is 51.7 Å². The number of benzene rings is 2. The third-order valence-corrected chi connectivity index (χ3v) is 8.02. The van der Waals surface area contributed by atoms with Gasteiger partial charge in [-0.3, -0.25) is 4.79 Å². The number of halogens is 1. The van der Waals surface area contributed by atoms with Crippen molar-refractivity contribution in [3.8, 4) is 11.5 Å². The number of para-hydroxylation sites is 2. The molecule has 3 aromatic rings. The standard InChI is InChI=1S/C28H29N3O6.BrH/c1-2-19-15-25(30-37-19)29-26(32)17-31-13-11-18(12-14-31)24(16-31)36-27(33)28(34)20-7-3-5-9-22(20)35-23-10-6-4-8-21(23)28;/h3-10,15,18,24,34H,2,11-14,16-17H2,1H3;1H. The minimum absolute atomic E-state index is 0. The lowest BCUT2D eigenvalue weighted by Crippen LogP contribution is -3.00. The summed E-state index contributed by atoms with van der Waals surface area (Å²) < 4.78 is 17.8. The smallest absolute Gasteiger partial charge is 0.348 e. The molecule has 200 valence electrons. The number of aryl methyl sites for hydroxylation is 1. The van der Waals surface area contributed by atoms with E-state index in [-0.39, 0.29) is 35.4 Å². The molecule has 0 saturated carbocycles. The molecule has 5 heterocycles. The molecular weight excluding hydrogens is 554 g/mol. The molecule has 1 unspecified atom stereocenters. The lowest BCUT2D eigenvalue weighted by atomic mass is 9.81. The van der Waals surface area contributed by atoms with E-state index in [1.54, 1.807) is 54.6 Å². The van der Waals surface area contributed by atoms with Gasteiger partial charge in [0.2, 0.25) is 5.60 Å². The molecule has 1 atom stereocenters. The van der Waals surface area contributed by atoms with Crippen molar-refractivity contribution in [2.24, 2.45) is 5.92 Å². The second-order valence-corrected chi connectivity index (χ2v) is 10.3. The van der Waals surface area contributed by atoms with E-state index < -0.39 is 17.7 Å². The van der Waals surface area contributed by atoms with E-state index in [4.69, 9.17) is 14.0 Å². The van der Waals surface area contributed by atoms with E-state index in [0.717, 1.165) is 25.9 Å². The van der Waals surface area contributed by atoms with Gasteiger partial charge in [-0.1, -0.05) is 48.5 Å². The Balaban J connectivity index is 0.00000294. The lowest BCUT2D eigenvalue weighted by molar-refractivity contribution is -0.939. The Hall–Kier alpha value is -3.21. The largest absolute Gasteiger partial charge is 1.00 e. The molecule has 9 nitrogen and oxygen atoms in total. The third kappa shape index (κ3) is 4.50. The average Bonchev–Trinajstić information content (AvgIpc) is 3.36. The molecule has 2 N–H and O–H groups in total. The van der Waals surface area contributed by atoms with Crippen LogP contribution in [0.2, 0.25) is 0 Å². The van der Waals surface area contributed by atoms with Gasteiger partial charge in [-0.05, 0) is 12.1 Å². The summed E-state index contributed by atoms with van der Waals surface area (Å²) in [5.41, 5.74) is -1.26. The van der Waals surface area contributed by atoms with E-state index in [9.17, 15) is 14.7 Å². The number of amides is 1. The Bertz CT molecular complexity index is 1300. The first kappa shape index (κ1) is 26.4. The number of anilines is 1. The Labute approximate surface area is 231 Å². The number of hydrogen-bond donors (Lipinski definition) is 2. The summed E-state index contributed by atoms with van der Waals surface area (Å²) in [6.07, 6.45) is 2.01. The molecule has 4 aliphatic rings. The zero-order valence-corrected chi connectivity index (χ0v) is 22.6. The lowest BCUT2D eigenvalue weighted by Gasteiger charge is -2.51. The predicted octanol–water partition coefficient (Wildman–Crippen LogP) is 0.374. The van der Waals surface area contributed by atoms with E-state index in [2.05, 4.69) is 10.5 Å². The molecule has 1 amide bonds. The molecule has 0 spiro atoms. The Morgan fingerprint density at radius 1 is 1.11 bits per heavy atom. The van der Waals surface area contributed by atoms with E-state index >= 15 is 0 Å². The number of hydrogen-bond acceptors (Lipinski definition) is 7. The maximum Gasteiger partial charge on any atom is 0.348 e. The molecule has 7 rings (SSSR count). The van der Waals surface area contributed by atoms with Crippen LogP contribution in [0.4, 0.5) is 5.82 Å². The van der Waals surface area contributed by atoms with Crippen LogP contribution in [0.1, 0.15) is 36.7 Å². The van der Waals surface area contributed by atoms with Crippen molar-refractivity contribution in [2.75, 3.05) is 31.5 Å². The molecule has 0 aliphatic carbocycles. The molecule has 1 aromatic heterocycles. The number of carbonyl (C=O) groups is 2. The van der Waals surface area contributed by atoms with Gasteiger partial charge in [0.05, 0.1) is 13.1 Å². The van der Waals surface area contributed by atoms with Gasteiger partial charge in [-0.25, -0.2) is 4.79 Å². The Morgan fingerprint density at radius 3 is 2.34 bits per heavy atom. The number of aromatic nitrogens is 1. The highest BCUT2D eigenvalue weighted by molar-refractivity contribution is 5.91. The summed E-state index contributed by atoms with van der Waals surface area (Å²) in [6.45, 7) is 4.43. The van der Waals surface area contributed by atoms with Crippen LogP contribution < -0.4 is 27.0 Å². The Morgan fingerprint density at radius 2 is 1.74 bits per heavy atom. The molecule has 3 saturated heterocycles. The molecule has 38 heavy (non-hydrogen) atoms. The average molecular weight is 584 g/mol. The number of esters is 1. The highest BCUT2D eigenvalue weighted by Crippen LogP contribution is 2.48. The second kappa shape index (κ2) is 10.2. The predicted molar refractivity (Wildman–Crippen MR) is 133 cm³/mol. The van der Waals surface area contributed by atoms with Crippen molar-refractivity contribution in [2.45, 2.75) is 37.9 Å². The number of nitrogens with one attached hydrogen (secondary N) is 1. The molecule has 4 aliphatic heterocycles. The van der Waals surface area contributed by atoms with Gasteiger partial charge in [0.25, 0.3) is 5.91 Å². The summed E-state index contributed by atoms with van der Waals surface area (Å²) in [5, 5.41) is 18.6. The van der Waals surface area contributed by atoms with Crippen LogP contribution in [0.5, 0.6) is 11.5 Å². The topological polar surface area (TPSA) is 111 Å². The quantitative estimate of drug-likeness (QED) is 0.319. The number of aliphatic hydroxyl groups is 1. The second-order valence-electron chi connectivity index (χ2n) is 10.3. The van der Waals surface area contributed by atoms with Crippen LogP contribution in [0.15, 0.2) is 59.1 Å². The number of rotatable bonds is 6. The zero-order valence-electron chi connectivity index (χ0n) is 21.1. The fraction of sp³-hybridized carbons (Fsp3) is 0.393. The van der Waals surface area contributed by atoms with Crippen molar-refractivity contribution in [3.05, 3.63) is 71.5 Å². The normalized spacial score (nSPS) is 24.3. The molecule has 2 bridgehead atoms. The summed E-state index contributed by atoms with van der Waals surface area (Å²) in [7, 11) is 0. The van der Waals surface area contributed by atoms with Crippen molar-refractivity contribution in [3.63, 3.8) is 0 Å². The number of ether oxygens (including phenoxy) is 2. The number of quaternary nitrogens is 1. The first-order chi connectivity index (χ1) is 17.9. The van der Waals surface area contributed by atoms with Crippen LogP contribution in [-0.4, -0.2) is 58.9 Å². The van der Waals surface area contributed by atoms with Crippen molar-refractivity contribution in [1.29, 1.82) is 0 Å². The summed E-state index contributed by atoms with van der Waals surface area (Å²) in [4.78, 5) is 26.6. The minimum Gasteiger partial charge on any atom is -1.00 e. The van der Waals surface area contributed by atoms with Crippen molar-refractivity contribution < 1.29 is 50.2 Å². The maximum atomic E-state index is 13.8. The summed E-state index contributed by atoms with van der Waals surface area (Å²) in [5.74, 6) is 1.31. The molecule has 0 radical (unpaired) electrons. The number of fused-ring (bicyclic) bond motifs is 5. The third-order valence-electron chi connectivity index (χ3n) is 8.02. The van der Waals surface area contributed by atoms with Crippen LogP contribution in [0.25, 0.3) is 0 Å². The Kier molecular flexibility index (Phi) is 7.06. The number of nitrogens with zero attached hydrogens (tertiary/aromatic N) is 2. The van der Waals surface area contributed by atoms with Crippen molar-refractivity contribution in [1.82, 2.24) is 5.16 Å². The first-order valence-electron chi connectivity index (χ1n) is 12.8. The van der Waals surface area contributed by atoms with Gasteiger partial charge in [-0.15, -0.1) is 0 Å². The van der Waals surface area contributed by atoms with Crippen LogP contribution in [0.3, 0.4) is 0 Å². The first-order valence-corrected chi connectivity index (χ1v) is 12.8. The molecular formula is C28H30BrN3O6. The number of piperidine rings is 3. The fourth-order valence-electron chi connectivity index (χ4n) is 6.02. The summed E-state index contributed by atoms with van der Waals surface area (Å²) >= 11 is 0. The molecule has 2 aromatic carbocycles. The highest BCUT2D eigenvalue weighted by atomic mass is 79.9. The SMILES string of the molecule is CCc1cc(NC(=O)C[N+]23CCC(CC2)C(OC(=O)C2(O)c4ccccc4Oc4ccccc42)C3)no1.[Br-]. The van der Waals surface area contributed by atoms with Gasteiger partial charge in [0.1, 0.15) is 23.8 Å². The highest BCUT2D eigenvalue weighted by Gasteiger charge is 2.53. The number of carbonyl (C=O) groups excluding carboxylic acids is 2. The zero-order chi connectivity index (χ0) is 25.6. The van der Waals surface area contributed by atoms with E-state index in [1.165, 1.54) is 0 Å². The van der Waals surface area contributed by atoms with Crippen LogP contribution in [-0.2, 0) is 26.3 Å². The fourth-order valence-corrected chi connectivity index (χ4v) is 6.02. The monoisotopic (exact) mass is 583 g/mol. The summed E-state index contributed by atoms with van der Waals surface area (Å²) in [6, 6.07) is 15.7. The van der Waals surface area contributed by atoms with Gasteiger partial charge in [-0.2, -0.15) is 0 Å². The molecule has 3 fully saturated rings. The minimum atomic E-state index is -1.98.